The molecule has 0 amide bonds. The maximum absolute atomic E-state index is 13.2. The lowest BCUT2D eigenvalue weighted by Gasteiger charge is -2.06. The van der Waals surface area contributed by atoms with Crippen molar-refractivity contribution in [3.63, 3.8) is 0 Å². The van der Waals surface area contributed by atoms with Crippen LogP contribution >= 0.6 is 0 Å². The summed E-state index contributed by atoms with van der Waals surface area (Å²) in [7, 11) is 0. The highest BCUT2D eigenvalue weighted by Crippen LogP contribution is 2.22. The Balaban J connectivity index is 2.60. The van der Waals surface area contributed by atoms with Gasteiger partial charge in [-0.3, -0.25) is 4.79 Å². The molecule has 0 saturated carbocycles. The van der Waals surface area contributed by atoms with Gasteiger partial charge in [-0.15, -0.1) is 0 Å². The molecule has 14 heavy (non-hydrogen) atoms. The molecule has 1 N–H and O–H groups in total. The molecular weight excluding hydrogens is 190 g/mol. The van der Waals surface area contributed by atoms with Crippen molar-refractivity contribution >= 4 is 5.97 Å². The summed E-state index contributed by atoms with van der Waals surface area (Å²) in [5, 5.41) is 8.32. The van der Waals surface area contributed by atoms with Gasteiger partial charge in [0.25, 0.3) is 0 Å². The number of aliphatic carboxylic acids is 1. The largest absolute Gasteiger partial charge is 0.481 e. The average Bonchev–Trinajstić information content (AvgIpc) is 2.14. The number of hydrogen-bond donors (Lipinski definition) is 1. The van der Waals surface area contributed by atoms with E-state index in [2.05, 4.69) is 0 Å². The van der Waals surface area contributed by atoms with Crippen molar-refractivity contribution in [1.82, 2.24) is 0 Å². The van der Waals surface area contributed by atoms with Gasteiger partial charge in [-0.05, 0) is 24.1 Å². The third-order valence-corrected chi connectivity index (χ3v) is 1.82. The lowest BCUT2D eigenvalue weighted by Crippen LogP contribution is -1.99. The van der Waals surface area contributed by atoms with E-state index in [4.69, 9.17) is 5.11 Å². The molecule has 0 fully saturated rings. The highest BCUT2D eigenvalue weighted by molar-refractivity contribution is 5.66. The van der Waals surface area contributed by atoms with Crippen LogP contribution in [0.2, 0.25) is 0 Å². The van der Waals surface area contributed by atoms with Crippen molar-refractivity contribution in [3.8, 4) is 0 Å². The van der Waals surface area contributed by atoms with Crippen molar-refractivity contribution in [2.45, 2.75) is 19.0 Å². The van der Waals surface area contributed by atoms with Gasteiger partial charge in [0.05, 0.1) is 0 Å². The van der Waals surface area contributed by atoms with E-state index in [1.807, 2.05) is 0 Å². The minimum atomic E-state index is -1.42. The Morgan fingerprint density at radius 3 is 2.79 bits per heavy atom. The number of alkyl halides is 1. The smallest absolute Gasteiger partial charge is 0.303 e. The van der Waals surface area contributed by atoms with Gasteiger partial charge in [0, 0.05) is 6.42 Å². The summed E-state index contributed by atoms with van der Waals surface area (Å²) in [6.07, 6.45) is -1.79. The molecule has 0 aromatic heterocycles. The Bertz CT molecular complexity index is 326. The zero-order valence-electron chi connectivity index (χ0n) is 7.41. The number of benzene rings is 1. The Kier molecular flexibility index (Phi) is 3.56. The second-order valence-electron chi connectivity index (χ2n) is 2.95. The highest BCUT2D eigenvalue weighted by atomic mass is 19.1. The summed E-state index contributed by atoms with van der Waals surface area (Å²) in [5.74, 6) is -1.57. The van der Waals surface area contributed by atoms with E-state index >= 15 is 0 Å². The van der Waals surface area contributed by atoms with E-state index < -0.39 is 18.0 Å². The van der Waals surface area contributed by atoms with Crippen LogP contribution in [0.3, 0.4) is 0 Å². The molecule has 0 bridgehead atoms. The molecule has 1 aromatic carbocycles. The van der Waals surface area contributed by atoms with E-state index in [1.54, 1.807) is 0 Å². The third kappa shape index (κ3) is 3.12. The predicted octanol–water partition coefficient (Wildman–Crippen LogP) is 2.70. The van der Waals surface area contributed by atoms with Crippen LogP contribution in [0.1, 0.15) is 24.6 Å². The van der Waals surface area contributed by atoms with Crippen LogP contribution in [0.25, 0.3) is 0 Å². The Labute approximate surface area is 80.2 Å². The average molecular weight is 200 g/mol. The van der Waals surface area contributed by atoms with Gasteiger partial charge < -0.3 is 5.11 Å². The van der Waals surface area contributed by atoms with E-state index in [1.165, 1.54) is 18.2 Å². The van der Waals surface area contributed by atoms with Gasteiger partial charge in [0.1, 0.15) is 12.0 Å². The first kappa shape index (κ1) is 10.6. The van der Waals surface area contributed by atoms with Crippen molar-refractivity contribution in [3.05, 3.63) is 35.6 Å². The standard InChI is InChI=1S/C10H10F2O2/c11-8-3-1-2-7(6-8)9(12)4-5-10(13)14/h1-3,6,9H,4-5H2,(H,13,14). The summed E-state index contributed by atoms with van der Waals surface area (Å²) >= 11 is 0. The molecule has 0 radical (unpaired) electrons. The predicted molar refractivity (Wildman–Crippen MR) is 47.1 cm³/mol. The minimum absolute atomic E-state index is 0.126. The quantitative estimate of drug-likeness (QED) is 0.811. The van der Waals surface area contributed by atoms with E-state index in [9.17, 15) is 13.6 Å². The first-order valence-electron chi connectivity index (χ1n) is 4.21. The Morgan fingerprint density at radius 1 is 1.50 bits per heavy atom. The SMILES string of the molecule is O=C(O)CCC(F)c1cccc(F)c1. The fourth-order valence-corrected chi connectivity index (χ4v) is 1.12. The van der Waals surface area contributed by atoms with Gasteiger partial charge in [0.2, 0.25) is 0 Å². The minimum Gasteiger partial charge on any atom is -0.481 e. The second-order valence-corrected chi connectivity index (χ2v) is 2.95. The van der Waals surface area contributed by atoms with Crippen LogP contribution in [-0.2, 0) is 4.79 Å². The first-order valence-corrected chi connectivity index (χ1v) is 4.21. The topological polar surface area (TPSA) is 37.3 Å². The number of carboxylic acids is 1. The number of halogens is 2. The van der Waals surface area contributed by atoms with Crippen LogP contribution in [0.4, 0.5) is 8.78 Å². The molecule has 1 aromatic rings. The first-order chi connectivity index (χ1) is 6.59. The van der Waals surface area contributed by atoms with Gasteiger partial charge >= 0.3 is 5.97 Å². The monoisotopic (exact) mass is 200 g/mol. The van der Waals surface area contributed by atoms with Gasteiger partial charge in [-0.2, -0.15) is 0 Å². The summed E-state index contributed by atoms with van der Waals surface area (Å²) in [5.41, 5.74) is 0.186. The second kappa shape index (κ2) is 4.69. The lowest BCUT2D eigenvalue weighted by molar-refractivity contribution is -0.137. The van der Waals surface area contributed by atoms with Crippen LogP contribution in [0, 0.1) is 5.82 Å². The zero-order chi connectivity index (χ0) is 10.6. The van der Waals surface area contributed by atoms with E-state index in [-0.39, 0.29) is 18.4 Å². The fourth-order valence-electron chi connectivity index (χ4n) is 1.12. The van der Waals surface area contributed by atoms with Gasteiger partial charge in [-0.1, -0.05) is 12.1 Å². The molecule has 0 aliphatic rings. The molecule has 0 aliphatic carbocycles. The maximum Gasteiger partial charge on any atom is 0.303 e. The molecule has 2 nitrogen and oxygen atoms in total. The van der Waals surface area contributed by atoms with Crippen LogP contribution < -0.4 is 0 Å². The fraction of sp³-hybridized carbons (Fsp3) is 0.300. The molecule has 4 heteroatoms. The molecule has 0 spiro atoms. The van der Waals surface area contributed by atoms with Crippen LogP contribution in [0.15, 0.2) is 24.3 Å². The van der Waals surface area contributed by atoms with Gasteiger partial charge in [0.15, 0.2) is 0 Å². The van der Waals surface area contributed by atoms with Crippen molar-refractivity contribution in [1.29, 1.82) is 0 Å². The van der Waals surface area contributed by atoms with Crippen molar-refractivity contribution in [2.75, 3.05) is 0 Å². The van der Waals surface area contributed by atoms with E-state index in [0.29, 0.717) is 0 Å². The van der Waals surface area contributed by atoms with E-state index in [0.717, 1.165) is 6.07 Å². The zero-order valence-corrected chi connectivity index (χ0v) is 7.41. The number of hydrogen-bond acceptors (Lipinski definition) is 1. The molecule has 1 unspecified atom stereocenters. The highest BCUT2D eigenvalue weighted by Gasteiger charge is 2.11. The molecule has 0 saturated heterocycles. The molecule has 0 heterocycles. The number of carbonyl (C=O) groups is 1. The molecular formula is C10H10F2O2. The molecule has 1 atom stereocenters. The third-order valence-electron chi connectivity index (χ3n) is 1.82. The Hall–Kier alpha value is -1.45. The Morgan fingerprint density at radius 2 is 2.21 bits per heavy atom. The van der Waals surface area contributed by atoms with Gasteiger partial charge in [-0.25, -0.2) is 8.78 Å². The summed E-state index contributed by atoms with van der Waals surface area (Å²) in [6, 6.07) is 5.13. The molecule has 0 aliphatic heterocycles. The number of carboxylic acid groups (broad SMARTS) is 1. The summed E-state index contributed by atoms with van der Waals surface area (Å²) in [6.45, 7) is 0. The van der Waals surface area contributed by atoms with Crippen LogP contribution in [0.5, 0.6) is 0 Å². The van der Waals surface area contributed by atoms with Crippen molar-refractivity contribution in [2.24, 2.45) is 0 Å². The summed E-state index contributed by atoms with van der Waals surface area (Å²) < 4.78 is 25.9. The lowest BCUT2D eigenvalue weighted by atomic mass is 10.1. The molecule has 76 valence electrons. The van der Waals surface area contributed by atoms with Crippen molar-refractivity contribution < 1.29 is 18.7 Å². The summed E-state index contributed by atoms with van der Waals surface area (Å²) in [4.78, 5) is 10.2. The maximum atomic E-state index is 13.2. The normalized spacial score (nSPS) is 12.4. The molecule has 1 rings (SSSR count). The van der Waals surface area contributed by atoms with Crippen LogP contribution in [-0.4, -0.2) is 11.1 Å². The number of rotatable bonds is 4.